The summed E-state index contributed by atoms with van der Waals surface area (Å²) in [6.45, 7) is 7.18. The van der Waals surface area contributed by atoms with Gasteiger partial charge in [-0.1, -0.05) is 0 Å². The van der Waals surface area contributed by atoms with Crippen LogP contribution >= 0.6 is 0 Å². The molecule has 1 fully saturated rings. The first-order valence-corrected chi connectivity index (χ1v) is 6.91. The van der Waals surface area contributed by atoms with E-state index in [0.29, 0.717) is 11.5 Å². The van der Waals surface area contributed by atoms with E-state index in [9.17, 15) is 5.26 Å². The second kappa shape index (κ2) is 6.03. The minimum Gasteiger partial charge on any atom is -0.369 e. The lowest BCUT2D eigenvalue weighted by Gasteiger charge is -2.29. The van der Waals surface area contributed by atoms with Gasteiger partial charge in [0.2, 0.25) is 0 Å². The van der Waals surface area contributed by atoms with Crippen LogP contribution in [0.3, 0.4) is 0 Å². The Morgan fingerprint density at radius 2 is 2.11 bits per heavy atom. The highest BCUT2D eigenvalue weighted by molar-refractivity contribution is 5.56. The summed E-state index contributed by atoms with van der Waals surface area (Å²) >= 11 is 0. The molecule has 0 aromatic carbocycles. The molecule has 0 radical (unpaired) electrons. The topological polar surface area (TPSA) is 52.0 Å². The van der Waals surface area contributed by atoms with E-state index >= 15 is 0 Å². The Balaban J connectivity index is 2.01. The van der Waals surface area contributed by atoms with E-state index in [1.165, 1.54) is 12.8 Å². The van der Waals surface area contributed by atoms with Crippen molar-refractivity contribution in [3.8, 4) is 6.07 Å². The van der Waals surface area contributed by atoms with Crippen LogP contribution < -0.4 is 5.32 Å². The fourth-order valence-corrected chi connectivity index (χ4v) is 2.61. The molecule has 1 aromatic heterocycles. The first-order chi connectivity index (χ1) is 9.10. The van der Waals surface area contributed by atoms with Gasteiger partial charge in [0.15, 0.2) is 0 Å². The molecule has 0 unspecified atom stereocenters. The van der Waals surface area contributed by atoms with Gasteiger partial charge in [0, 0.05) is 12.2 Å². The molecule has 0 amide bonds. The standard InChI is InChI=1S/C15H22N4/c1-11-8-12(2)18-15(14(11)9-16)17-10-13-4-6-19(3)7-5-13/h8,13H,4-7,10H2,1-3H3,(H,17,18). The van der Waals surface area contributed by atoms with Gasteiger partial charge in [-0.25, -0.2) is 4.98 Å². The lowest BCUT2D eigenvalue weighted by atomic mass is 9.97. The first kappa shape index (κ1) is 13.8. The quantitative estimate of drug-likeness (QED) is 0.904. The summed E-state index contributed by atoms with van der Waals surface area (Å²) in [5.41, 5.74) is 2.64. The number of nitrogens with zero attached hydrogens (tertiary/aromatic N) is 3. The van der Waals surface area contributed by atoms with Crippen molar-refractivity contribution in [2.45, 2.75) is 26.7 Å². The van der Waals surface area contributed by atoms with Crippen LogP contribution in [0.25, 0.3) is 0 Å². The number of aromatic nitrogens is 1. The molecule has 0 aliphatic carbocycles. The second-order valence-corrected chi connectivity index (χ2v) is 5.54. The summed E-state index contributed by atoms with van der Waals surface area (Å²) in [7, 11) is 2.17. The van der Waals surface area contributed by atoms with Gasteiger partial charge < -0.3 is 10.2 Å². The average Bonchev–Trinajstić information content (AvgIpc) is 2.37. The monoisotopic (exact) mass is 258 g/mol. The summed E-state index contributed by atoms with van der Waals surface area (Å²) < 4.78 is 0. The Labute approximate surface area is 115 Å². The summed E-state index contributed by atoms with van der Waals surface area (Å²) in [6.07, 6.45) is 2.44. The van der Waals surface area contributed by atoms with Gasteiger partial charge in [-0.2, -0.15) is 5.26 Å². The number of anilines is 1. The van der Waals surface area contributed by atoms with Crippen LogP contribution in [0.5, 0.6) is 0 Å². The largest absolute Gasteiger partial charge is 0.369 e. The SMILES string of the molecule is Cc1cc(C)c(C#N)c(NCC2CCN(C)CC2)n1. The fraction of sp³-hybridized carbons (Fsp3) is 0.600. The lowest BCUT2D eigenvalue weighted by Crippen LogP contribution is -2.33. The molecule has 102 valence electrons. The number of piperidine rings is 1. The number of likely N-dealkylation sites (tertiary alicyclic amines) is 1. The Bertz CT molecular complexity index is 482. The van der Waals surface area contributed by atoms with Crippen molar-refractivity contribution in [1.82, 2.24) is 9.88 Å². The molecule has 1 aromatic rings. The molecule has 1 aliphatic heterocycles. The molecule has 0 atom stereocenters. The molecule has 1 N–H and O–H groups in total. The van der Waals surface area contributed by atoms with Crippen LogP contribution in [0.1, 0.15) is 29.7 Å². The summed E-state index contributed by atoms with van der Waals surface area (Å²) in [5, 5.41) is 12.6. The van der Waals surface area contributed by atoms with Gasteiger partial charge >= 0.3 is 0 Å². The minimum absolute atomic E-state index is 0.679. The molecule has 0 saturated carbocycles. The van der Waals surface area contributed by atoms with Crippen molar-refractivity contribution in [1.29, 1.82) is 5.26 Å². The van der Waals surface area contributed by atoms with Gasteiger partial charge in [0.25, 0.3) is 0 Å². The number of nitrogens with one attached hydrogen (secondary N) is 1. The van der Waals surface area contributed by atoms with Crippen molar-refractivity contribution < 1.29 is 0 Å². The number of hydrogen-bond acceptors (Lipinski definition) is 4. The van der Waals surface area contributed by atoms with Crippen LogP contribution in [0.2, 0.25) is 0 Å². The predicted octanol–water partition coefficient (Wildman–Crippen LogP) is 2.32. The summed E-state index contributed by atoms with van der Waals surface area (Å²) in [5.74, 6) is 1.43. The van der Waals surface area contributed by atoms with Crippen molar-refractivity contribution in [2.24, 2.45) is 5.92 Å². The number of nitriles is 1. The third kappa shape index (κ3) is 3.45. The van der Waals surface area contributed by atoms with Crippen LogP contribution in [0.15, 0.2) is 6.07 Å². The molecule has 0 spiro atoms. The molecule has 19 heavy (non-hydrogen) atoms. The Kier molecular flexibility index (Phi) is 4.39. The van der Waals surface area contributed by atoms with Crippen molar-refractivity contribution in [2.75, 3.05) is 32.0 Å². The Hall–Kier alpha value is -1.60. The predicted molar refractivity (Wildman–Crippen MR) is 77.1 cm³/mol. The zero-order chi connectivity index (χ0) is 13.8. The highest BCUT2D eigenvalue weighted by Crippen LogP contribution is 2.20. The van der Waals surface area contributed by atoms with Crippen molar-refractivity contribution >= 4 is 5.82 Å². The van der Waals surface area contributed by atoms with E-state index in [1.807, 2.05) is 19.9 Å². The molecular weight excluding hydrogens is 236 g/mol. The Morgan fingerprint density at radius 3 is 2.74 bits per heavy atom. The van der Waals surface area contributed by atoms with Crippen LogP contribution in [-0.2, 0) is 0 Å². The van der Waals surface area contributed by atoms with Gasteiger partial charge in [0.05, 0.1) is 5.56 Å². The minimum atomic E-state index is 0.679. The Morgan fingerprint density at radius 1 is 1.42 bits per heavy atom. The molecule has 0 bridgehead atoms. The zero-order valence-electron chi connectivity index (χ0n) is 12.0. The number of hydrogen-bond donors (Lipinski definition) is 1. The maximum Gasteiger partial charge on any atom is 0.144 e. The van der Waals surface area contributed by atoms with Gasteiger partial charge in [-0.15, -0.1) is 0 Å². The number of aryl methyl sites for hydroxylation is 2. The maximum absolute atomic E-state index is 9.23. The maximum atomic E-state index is 9.23. The molecule has 1 aliphatic rings. The summed E-state index contributed by atoms with van der Waals surface area (Å²) in [6, 6.07) is 4.21. The number of pyridine rings is 1. The van der Waals surface area contributed by atoms with Crippen molar-refractivity contribution in [3.05, 3.63) is 22.9 Å². The van der Waals surface area contributed by atoms with E-state index in [4.69, 9.17) is 0 Å². The van der Waals surface area contributed by atoms with E-state index in [2.05, 4.69) is 28.3 Å². The van der Waals surface area contributed by atoms with Crippen LogP contribution in [0.4, 0.5) is 5.82 Å². The molecule has 1 saturated heterocycles. The number of rotatable bonds is 3. The smallest absolute Gasteiger partial charge is 0.144 e. The van der Waals surface area contributed by atoms with Crippen molar-refractivity contribution in [3.63, 3.8) is 0 Å². The first-order valence-electron chi connectivity index (χ1n) is 6.91. The van der Waals surface area contributed by atoms with Gasteiger partial charge in [-0.05, 0) is 64.4 Å². The molecule has 2 heterocycles. The van der Waals surface area contributed by atoms with Gasteiger partial charge in [-0.3, -0.25) is 0 Å². The van der Waals surface area contributed by atoms with Crippen LogP contribution in [-0.4, -0.2) is 36.6 Å². The molecule has 2 rings (SSSR count). The van der Waals surface area contributed by atoms with E-state index in [-0.39, 0.29) is 0 Å². The zero-order valence-corrected chi connectivity index (χ0v) is 12.0. The second-order valence-electron chi connectivity index (χ2n) is 5.54. The van der Waals surface area contributed by atoms with Crippen LogP contribution in [0, 0.1) is 31.1 Å². The molecule has 4 heteroatoms. The highest BCUT2D eigenvalue weighted by atomic mass is 15.1. The highest BCUT2D eigenvalue weighted by Gasteiger charge is 2.17. The van der Waals surface area contributed by atoms with Gasteiger partial charge in [0.1, 0.15) is 11.9 Å². The fourth-order valence-electron chi connectivity index (χ4n) is 2.61. The molecular formula is C15H22N4. The molecule has 4 nitrogen and oxygen atoms in total. The average molecular weight is 258 g/mol. The third-order valence-corrected chi connectivity index (χ3v) is 3.85. The van der Waals surface area contributed by atoms with E-state index < -0.39 is 0 Å². The third-order valence-electron chi connectivity index (χ3n) is 3.85. The lowest BCUT2D eigenvalue weighted by molar-refractivity contribution is 0.226. The normalized spacial score (nSPS) is 17.2. The summed E-state index contributed by atoms with van der Waals surface area (Å²) in [4.78, 5) is 6.83. The van der Waals surface area contributed by atoms with E-state index in [1.54, 1.807) is 0 Å². The van der Waals surface area contributed by atoms with E-state index in [0.717, 1.165) is 36.7 Å².